The van der Waals surface area contributed by atoms with Crippen LogP contribution in [0.3, 0.4) is 0 Å². The summed E-state index contributed by atoms with van der Waals surface area (Å²) < 4.78 is 5.10. The summed E-state index contributed by atoms with van der Waals surface area (Å²) in [6.45, 7) is 3.37. The lowest BCUT2D eigenvalue weighted by molar-refractivity contribution is -0.149. The van der Waals surface area contributed by atoms with Crippen LogP contribution in [0, 0.1) is 11.8 Å². The summed E-state index contributed by atoms with van der Waals surface area (Å²) in [5.41, 5.74) is 0. The highest BCUT2D eigenvalue weighted by Crippen LogP contribution is 2.27. The van der Waals surface area contributed by atoms with Crippen molar-refractivity contribution in [2.24, 2.45) is 11.8 Å². The fourth-order valence-corrected chi connectivity index (χ4v) is 3.57. The molecule has 2 aliphatic rings. The molecule has 4 heteroatoms. The van der Waals surface area contributed by atoms with Gasteiger partial charge in [0.1, 0.15) is 0 Å². The summed E-state index contributed by atoms with van der Waals surface area (Å²) in [4.78, 5) is 11.7. The fourth-order valence-electron chi connectivity index (χ4n) is 3.57. The Bertz CT molecular complexity index is 300. The van der Waals surface area contributed by atoms with Crippen LogP contribution < -0.4 is 5.32 Å². The second-order valence-electron chi connectivity index (χ2n) is 6.40. The monoisotopic (exact) mass is 283 g/mol. The molecule has 2 atom stereocenters. The average molecular weight is 283 g/mol. The average Bonchev–Trinajstić information content (AvgIpc) is 2.46. The Kier molecular flexibility index (Phi) is 6.30. The number of hydrogen-bond acceptors (Lipinski definition) is 4. The van der Waals surface area contributed by atoms with Gasteiger partial charge in [0.05, 0.1) is 18.6 Å². The van der Waals surface area contributed by atoms with Crippen molar-refractivity contribution in [3.8, 4) is 0 Å². The first-order chi connectivity index (χ1) is 9.69. The molecule has 116 valence electrons. The zero-order chi connectivity index (χ0) is 14.4. The maximum Gasteiger partial charge on any atom is 0.308 e. The maximum absolute atomic E-state index is 11.7. The van der Waals surface area contributed by atoms with Crippen molar-refractivity contribution >= 4 is 5.97 Å². The number of aliphatic hydroxyl groups is 1. The molecular formula is C16H29NO3. The topological polar surface area (TPSA) is 58.6 Å². The third-order valence-electron chi connectivity index (χ3n) is 4.80. The number of carbonyl (C=O) groups excluding carboxylic acids is 1. The van der Waals surface area contributed by atoms with Crippen molar-refractivity contribution in [3.05, 3.63) is 0 Å². The first kappa shape index (κ1) is 15.8. The molecule has 0 bridgehead atoms. The third-order valence-corrected chi connectivity index (χ3v) is 4.80. The molecule has 4 nitrogen and oxygen atoms in total. The number of aliphatic hydroxyl groups excluding tert-OH is 1. The summed E-state index contributed by atoms with van der Waals surface area (Å²) in [6, 6.07) is 0.541. The van der Waals surface area contributed by atoms with Gasteiger partial charge in [-0.2, -0.15) is 0 Å². The summed E-state index contributed by atoms with van der Waals surface area (Å²) in [5.74, 6) is 0.729. The molecular weight excluding hydrogens is 254 g/mol. The molecule has 2 saturated carbocycles. The minimum atomic E-state index is -0.0879. The Morgan fingerprint density at radius 3 is 2.60 bits per heavy atom. The van der Waals surface area contributed by atoms with Gasteiger partial charge in [0.25, 0.3) is 0 Å². The van der Waals surface area contributed by atoms with Gasteiger partial charge in [-0.1, -0.05) is 6.42 Å². The highest BCUT2D eigenvalue weighted by molar-refractivity contribution is 5.72. The minimum absolute atomic E-state index is 0.0126. The molecule has 0 saturated heterocycles. The lowest BCUT2D eigenvalue weighted by Crippen LogP contribution is -2.39. The van der Waals surface area contributed by atoms with E-state index in [-0.39, 0.29) is 18.0 Å². The van der Waals surface area contributed by atoms with Crippen molar-refractivity contribution in [1.82, 2.24) is 5.32 Å². The van der Waals surface area contributed by atoms with Gasteiger partial charge in [0.2, 0.25) is 0 Å². The smallest absolute Gasteiger partial charge is 0.308 e. The zero-order valence-corrected chi connectivity index (χ0v) is 12.6. The van der Waals surface area contributed by atoms with E-state index in [2.05, 4.69) is 5.32 Å². The number of esters is 1. The van der Waals surface area contributed by atoms with Crippen molar-refractivity contribution in [3.63, 3.8) is 0 Å². The SMILES string of the molecule is CCOC(=O)C1CCC(NCC2CCCC(O)C2)CC1. The van der Waals surface area contributed by atoms with Crippen molar-refractivity contribution in [2.45, 2.75) is 70.4 Å². The van der Waals surface area contributed by atoms with Crippen molar-refractivity contribution < 1.29 is 14.6 Å². The lowest BCUT2D eigenvalue weighted by Gasteiger charge is -2.31. The molecule has 2 rings (SSSR count). The number of hydrogen-bond donors (Lipinski definition) is 2. The molecule has 0 aromatic rings. The van der Waals surface area contributed by atoms with Crippen LogP contribution in [0.4, 0.5) is 0 Å². The van der Waals surface area contributed by atoms with Gasteiger partial charge in [-0.05, 0) is 64.3 Å². The largest absolute Gasteiger partial charge is 0.466 e. The molecule has 0 amide bonds. The van der Waals surface area contributed by atoms with E-state index in [1.54, 1.807) is 0 Å². The minimum Gasteiger partial charge on any atom is -0.466 e. The van der Waals surface area contributed by atoms with E-state index in [9.17, 15) is 9.90 Å². The van der Waals surface area contributed by atoms with Crippen LogP contribution >= 0.6 is 0 Å². The van der Waals surface area contributed by atoms with E-state index < -0.39 is 0 Å². The van der Waals surface area contributed by atoms with Crippen molar-refractivity contribution in [2.75, 3.05) is 13.2 Å². The Balaban J connectivity index is 1.63. The van der Waals surface area contributed by atoms with E-state index in [0.717, 1.165) is 51.5 Å². The number of nitrogens with one attached hydrogen (secondary N) is 1. The molecule has 0 aliphatic heterocycles. The van der Waals surface area contributed by atoms with E-state index >= 15 is 0 Å². The molecule has 0 aromatic heterocycles. The van der Waals surface area contributed by atoms with Gasteiger partial charge < -0.3 is 15.2 Å². The molecule has 2 aliphatic carbocycles. The molecule has 20 heavy (non-hydrogen) atoms. The Labute approximate surface area is 122 Å². The number of carbonyl (C=O) groups is 1. The first-order valence-electron chi connectivity index (χ1n) is 8.27. The Morgan fingerprint density at radius 2 is 1.95 bits per heavy atom. The van der Waals surface area contributed by atoms with Crippen LogP contribution in [0.2, 0.25) is 0 Å². The van der Waals surface area contributed by atoms with E-state index in [1.807, 2.05) is 6.92 Å². The second kappa shape index (κ2) is 7.99. The van der Waals surface area contributed by atoms with Crippen LogP contribution in [0.25, 0.3) is 0 Å². The van der Waals surface area contributed by atoms with Gasteiger partial charge in [0.15, 0.2) is 0 Å². The molecule has 0 aromatic carbocycles. The Morgan fingerprint density at radius 1 is 1.20 bits per heavy atom. The molecule has 2 N–H and O–H groups in total. The van der Waals surface area contributed by atoms with Gasteiger partial charge in [-0.25, -0.2) is 0 Å². The molecule has 2 unspecified atom stereocenters. The van der Waals surface area contributed by atoms with Crippen molar-refractivity contribution in [1.29, 1.82) is 0 Å². The third kappa shape index (κ3) is 4.74. The summed E-state index contributed by atoms with van der Waals surface area (Å²) in [5, 5.41) is 13.3. The highest BCUT2D eigenvalue weighted by atomic mass is 16.5. The molecule has 0 spiro atoms. The predicted molar refractivity (Wildman–Crippen MR) is 78.3 cm³/mol. The van der Waals surface area contributed by atoms with E-state index in [1.165, 1.54) is 6.42 Å². The number of ether oxygens (including phenoxy) is 1. The fraction of sp³-hybridized carbons (Fsp3) is 0.938. The predicted octanol–water partition coefficient (Wildman–Crippen LogP) is 2.25. The van der Waals surface area contributed by atoms with Crippen LogP contribution in [0.5, 0.6) is 0 Å². The standard InChI is InChI=1S/C16H29NO3/c1-2-20-16(19)13-6-8-14(9-7-13)17-11-12-4-3-5-15(18)10-12/h12-15,17-18H,2-11H2,1H3. The van der Waals surface area contributed by atoms with E-state index in [4.69, 9.17) is 4.74 Å². The number of rotatable bonds is 5. The highest BCUT2D eigenvalue weighted by Gasteiger charge is 2.28. The summed E-state index contributed by atoms with van der Waals surface area (Å²) in [7, 11) is 0. The normalized spacial score (nSPS) is 34.7. The van der Waals surface area contributed by atoms with E-state index in [0.29, 0.717) is 18.6 Å². The quantitative estimate of drug-likeness (QED) is 0.760. The van der Waals surface area contributed by atoms with Gasteiger partial charge >= 0.3 is 5.97 Å². The lowest BCUT2D eigenvalue weighted by atomic mass is 9.84. The Hall–Kier alpha value is -0.610. The maximum atomic E-state index is 11.7. The van der Waals surface area contributed by atoms with Gasteiger partial charge in [0, 0.05) is 6.04 Å². The molecule has 2 fully saturated rings. The molecule has 0 radical (unpaired) electrons. The summed E-state index contributed by atoms with van der Waals surface area (Å²) >= 11 is 0. The molecule has 0 heterocycles. The van der Waals surface area contributed by atoms with Gasteiger partial charge in [-0.15, -0.1) is 0 Å². The van der Waals surface area contributed by atoms with Crippen LogP contribution in [0.1, 0.15) is 58.3 Å². The summed E-state index contributed by atoms with van der Waals surface area (Å²) in [6.07, 6.45) is 8.26. The second-order valence-corrected chi connectivity index (χ2v) is 6.40. The van der Waals surface area contributed by atoms with Crippen LogP contribution in [-0.2, 0) is 9.53 Å². The van der Waals surface area contributed by atoms with Gasteiger partial charge in [-0.3, -0.25) is 4.79 Å². The van der Waals surface area contributed by atoms with Crippen LogP contribution in [-0.4, -0.2) is 36.4 Å². The zero-order valence-electron chi connectivity index (χ0n) is 12.6. The first-order valence-corrected chi connectivity index (χ1v) is 8.27. The van der Waals surface area contributed by atoms with Crippen LogP contribution in [0.15, 0.2) is 0 Å².